The fourth-order valence-electron chi connectivity index (χ4n) is 2.15. The molecule has 0 bridgehead atoms. The predicted octanol–water partition coefficient (Wildman–Crippen LogP) is 1.43. The number of anilines is 2. The van der Waals surface area contributed by atoms with Gasteiger partial charge in [0.1, 0.15) is 0 Å². The van der Waals surface area contributed by atoms with Crippen LogP contribution in [0, 0.1) is 13.8 Å². The second kappa shape index (κ2) is 3.86. The van der Waals surface area contributed by atoms with Crippen LogP contribution in [0.1, 0.15) is 11.1 Å². The first-order chi connectivity index (χ1) is 8.18. The summed E-state index contributed by atoms with van der Waals surface area (Å²) in [4.78, 5) is 6.75. The van der Waals surface area contributed by atoms with Crippen LogP contribution in [0.5, 0.6) is 0 Å². The Labute approximate surface area is 108 Å². The summed E-state index contributed by atoms with van der Waals surface area (Å²) in [6, 6.07) is 8.63. The summed E-state index contributed by atoms with van der Waals surface area (Å²) < 4.78 is 2.91. The van der Waals surface area contributed by atoms with Crippen LogP contribution in [-0.4, -0.2) is 27.0 Å². The van der Waals surface area contributed by atoms with Gasteiger partial charge in [0.25, 0.3) is 0 Å². The number of aromatic nitrogens is 1. The van der Waals surface area contributed by atoms with E-state index in [1.807, 2.05) is 6.20 Å². The van der Waals surface area contributed by atoms with Crippen LogP contribution < -0.4 is 13.8 Å². The molecule has 0 radical (unpaired) electrons. The standard InChI is InChI=1S/C14H14N2Se/c1-9-5-4-6-11-12(9)17-13-10(2)7-8-15-14(13)16(11)3/h4-8H,1-3H3. The van der Waals surface area contributed by atoms with Gasteiger partial charge in [-0.15, -0.1) is 0 Å². The van der Waals surface area contributed by atoms with Crippen molar-refractivity contribution in [2.75, 3.05) is 11.9 Å². The van der Waals surface area contributed by atoms with Crippen molar-refractivity contribution in [2.45, 2.75) is 13.8 Å². The predicted molar refractivity (Wildman–Crippen MR) is 73.2 cm³/mol. The average molecular weight is 289 g/mol. The summed E-state index contributed by atoms with van der Waals surface area (Å²) in [5.74, 6) is 1.13. The Hall–Kier alpha value is -1.31. The van der Waals surface area contributed by atoms with Crippen LogP contribution in [0.2, 0.25) is 0 Å². The van der Waals surface area contributed by atoms with Crippen molar-refractivity contribution in [3.8, 4) is 0 Å². The average Bonchev–Trinajstić information content (AvgIpc) is 2.32. The third kappa shape index (κ3) is 1.58. The molecule has 86 valence electrons. The Morgan fingerprint density at radius 2 is 1.82 bits per heavy atom. The Morgan fingerprint density at radius 3 is 2.65 bits per heavy atom. The van der Waals surface area contributed by atoms with Crippen molar-refractivity contribution in [1.82, 2.24) is 4.98 Å². The summed E-state index contributed by atoms with van der Waals surface area (Å²) in [7, 11) is 2.11. The van der Waals surface area contributed by atoms with E-state index in [0.29, 0.717) is 15.0 Å². The van der Waals surface area contributed by atoms with Crippen LogP contribution in [0.15, 0.2) is 30.5 Å². The van der Waals surface area contributed by atoms with E-state index in [1.54, 1.807) is 0 Å². The first-order valence-electron chi connectivity index (χ1n) is 5.65. The van der Waals surface area contributed by atoms with Crippen LogP contribution in [0.3, 0.4) is 0 Å². The molecule has 3 heteroatoms. The molecular formula is C14H14N2Se. The molecule has 1 aliphatic heterocycles. The molecule has 0 aliphatic carbocycles. The molecule has 0 fully saturated rings. The normalized spacial score (nSPS) is 13.2. The molecule has 0 N–H and O–H groups in total. The van der Waals surface area contributed by atoms with Crippen molar-refractivity contribution < 1.29 is 0 Å². The summed E-state index contributed by atoms with van der Waals surface area (Å²) >= 11 is 0.376. The maximum absolute atomic E-state index is 4.53. The van der Waals surface area contributed by atoms with Gasteiger partial charge in [0, 0.05) is 0 Å². The molecule has 2 aromatic rings. The Balaban J connectivity index is 2.25. The fourth-order valence-corrected chi connectivity index (χ4v) is 4.77. The van der Waals surface area contributed by atoms with E-state index in [9.17, 15) is 0 Å². The molecule has 2 heterocycles. The van der Waals surface area contributed by atoms with E-state index < -0.39 is 0 Å². The maximum atomic E-state index is 4.53. The van der Waals surface area contributed by atoms with Crippen LogP contribution in [-0.2, 0) is 0 Å². The van der Waals surface area contributed by atoms with Crippen molar-refractivity contribution in [3.63, 3.8) is 0 Å². The third-order valence-electron chi connectivity index (χ3n) is 3.16. The molecule has 2 nitrogen and oxygen atoms in total. The molecular weight excluding hydrogens is 275 g/mol. The molecule has 0 unspecified atom stereocenters. The molecule has 0 atom stereocenters. The fraction of sp³-hybridized carbons (Fsp3) is 0.214. The number of fused-ring (bicyclic) bond motifs is 2. The zero-order valence-corrected chi connectivity index (χ0v) is 11.9. The zero-order valence-electron chi connectivity index (χ0n) is 10.2. The minimum absolute atomic E-state index is 0.376. The SMILES string of the molecule is Cc1cccc2c1[Se]c1c(C)ccnc1N2C. The van der Waals surface area contributed by atoms with E-state index in [0.717, 1.165) is 5.82 Å². The first kappa shape index (κ1) is 10.8. The quantitative estimate of drug-likeness (QED) is 0.682. The molecule has 1 aromatic heterocycles. The number of hydrogen-bond acceptors (Lipinski definition) is 2. The van der Waals surface area contributed by atoms with Gasteiger partial charge >= 0.3 is 108 Å². The van der Waals surface area contributed by atoms with Gasteiger partial charge in [-0.25, -0.2) is 0 Å². The van der Waals surface area contributed by atoms with E-state index >= 15 is 0 Å². The molecule has 0 saturated heterocycles. The first-order valence-corrected chi connectivity index (χ1v) is 7.36. The van der Waals surface area contributed by atoms with E-state index in [1.165, 1.54) is 25.7 Å². The Bertz CT molecular complexity index is 541. The summed E-state index contributed by atoms with van der Waals surface area (Å²) in [5.41, 5.74) is 4.06. The second-order valence-corrected chi connectivity index (χ2v) is 6.51. The van der Waals surface area contributed by atoms with Gasteiger partial charge in [-0.2, -0.15) is 0 Å². The number of hydrogen-bond donors (Lipinski definition) is 0. The molecule has 1 aromatic carbocycles. The van der Waals surface area contributed by atoms with Gasteiger partial charge in [0.15, 0.2) is 0 Å². The topological polar surface area (TPSA) is 16.1 Å². The number of rotatable bonds is 0. The molecule has 1 aliphatic rings. The summed E-state index contributed by atoms with van der Waals surface area (Å²) in [6.07, 6.45) is 1.90. The Kier molecular flexibility index (Phi) is 2.46. The number of nitrogens with zero attached hydrogens (tertiary/aromatic N) is 2. The van der Waals surface area contributed by atoms with Gasteiger partial charge in [-0.3, -0.25) is 0 Å². The Morgan fingerprint density at radius 1 is 1.06 bits per heavy atom. The van der Waals surface area contributed by atoms with Crippen molar-refractivity contribution in [1.29, 1.82) is 0 Å². The van der Waals surface area contributed by atoms with E-state index in [4.69, 9.17) is 0 Å². The summed E-state index contributed by atoms with van der Waals surface area (Å²) in [5, 5.41) is 0. The van der Waals surface area contributed by atoms with E-state index in [-0.39, 0.29) is 0 Å². The molecule has 0 saturated carbocycles. The van der Waals surface area contributed by atoms with Gasteiger partial charge < -0.3 is 0 Å². The number of aryl methyl sites for hydroxylation is 2. The number of benzene rings is 1. The molecule has 0 amide bonds. The van der Waals surface area contributed by atoms with Crippen LogP contribution >= 0.6 is 0 Å². The van der Waals surface area contributed by atoms with Crippen molar-refractivity contribution >= 4 is 35.4 Å². The van der Waals surface area contributed by atoms with Gasteiger partial charge in [0.05, 0.1) is 0 Å². The third-order valence-corrected chi connectivity index (χ3v) is 6.19. The van der Waals surface area contributed by atoms with E-state index in [2.05, 4.69) is 55.0 Å². The molecule has 0 spiro atoms. The van der Waals surface area contributed by atoms with Crippen molar-refractivity contribution in [3.05, 3.63) is 41.6 Å². The summed E-state index contributed by atoms with van der Waals surface area (Å²) in [6.45, 7) is 4.38. The van der Waals surface area contributed by atoms with Gasteiger partial charge in [-0.05, 0) is 0 Å². The second-order valence-electron chi connectivity index (χ2n) is 4.36. The van der Waals surface area contributed by atoms with Gasteiger partial charge in [0.2, 0.25) is 0 Å². The van der Waals surface area contributed by atoms with Crippen LogP contribution in [0.25, 0.3) is 0 Å². The molecule has 3 rings (SSSR count). The van der Waals surface area contributed by atoms with Crippen LogP contribution in [0.4, 0.5) is 11.5 Å². The number of pyridine rings is 1. The zero-order chi connectivity index (χ0) is 12.0. The van der Waals surface area contributed by atoms with Gasteiger partial charge in [-0.1, -0.05) is 0 Å². The van der Waals surface area contributed by atoms with Crippen molar-refractivity contribution in [2.24, 2.45) is 0 Å². The molecule has 17 heavy (non-hydrogen) atoms. The minimum atomic E-state index is 0.376. The monoisotopic (exact) mass is 290 g/mol.